The van der Waals surface area contributed by atoms with E-state index in [-0.39, 0.29) is 43.4 Å². The summed E-state index contributed by atoms with van der Waals surface area (Å²) < 4.78 is 64.6. The Hall–Kier alpha value is -3.96. The first-order valence-electron chi connectivity index (χ1n) is 16.8. The summed E-state index contributed by atoms with van der Waals surface area (Å²) in [5.74, 6) is -2.52. The predicted molar refractivity (Wildman–Crippen MR) is 176 cm³/mol. The third kappa shape index (κ3) is 6.92. The highest BCUT2D eigenvalue weighted by Gasteiger charge is 2.57. The molecule has 0 spiro atoms. The lowest BCUT2D eigenvalue weighted by Crippen LogP contribution is -2.50. The highest BCUT2D eigenvalue weighted by atomic mass is 19.4. The van der Waals surface area contributed by atoms with Gasteiger partial charge in [-0.05, 0) is 90.3 Å². The van der Waals surface area contributed by atoms with Gasteiger partial charge < -0.3 is 19.8 Å². The SMILES string of the molecule is COc1ccc([C@@H]2CN([C@H]3CC[C@H](C)CC3)C[C@@]2(F)C(=O)N2C[C@H](CO)[C@@H](c3ccc(C(F)(F)F)cc3-c3ccc(C(=O)O)cc3)C2)cc1. The van der Waals surface area contributed by atoms with Crippen LogP contribution in [-0.4, -0.2) is 83.5 Å². The van der Waals surface area contributed by atoms with Crippen molar-refractivity contribution in [3.63, 3.8) is 0 Å². The van der Waals surface area contributed by atoms with Crippen molar-refractivity contribution < 1.29 is 42.1 Å². The van der Waals surface area contributed by atoms with Crippen molar-refractivity contribution in [3.05, 3.63) is 89.0 Å². The Bertz CT molecular complexity index is 1660. The molecule has 0 aromatic heterocycles. The first kappa shape index (κ1) is 34.9. The van der Waals surface area contributed by atoms with Crippen LogP contribution < -0.4 is 4.74 Å². The second-order valence-corrected chi connectivity index (χ2v) is 14.0. The number of hydrogen-bond acceptors (Lipinski definition) is 5. The number of carboxylic acids is 1. The van der Waals surface area contributed by atoms with Gasteiger partial charge in [0.15, 0.2) is 0 Å². The number of aliphatic hydroxyl groups excluding tert-OH is 1. The first-order chi connectivity index (χ1) is 23.3. The van der Waals surface area contributed by atoms with Gasteiger partial charge in [0.05, 0.1) is 18.2 Å². The summed E-state index contributed by atoms with van der Waals surface area (Å²) in [4.78, 5) is 29.4. The monoisotopic (exact) mass is 682 g/mol. The van der Waals surface area contributed by atoms with Crippen molar-refractivity contribution in [2.45, 2.75) is 62.3 Å². The minimum Gasteiger partial charge on any atom is -0.497 e. The molecule has 0 bridgehead atoms. The third-order valence-electron chi connectivity index (χ3n) is 11.0. The lowest BCUT2D eigenvalue weighted by molar-refractivity contribution is -0.143. The number of amides is 1. The molecule has 3 aliphatic rings. The van der Waals surface area contributed by atoms with E-state index >= 15 is 4.39 Å². The molecular weight excluding hydrogens is 640 g/mol. The maximum Gasteiger partial charge on any atom is 0.416 e. The molecule has 49 heavy (non-hydrogen) atoms. The topological polar surface area (TPSA) is 90.3 Å². The van der Waals surface area contributed by atoms with Crippen LogP contribution in [0.15, 0.2) is 66.7 Å². The zero-order valence-electron chi connectivity index (χ0n) is 27.6. The van der Waals surface area contributed by atoms with Gasteiger partial charge in [0.1, 0.15) is 5.75 Å². The first-order valence-corrected chi connectivity index (χ1v) is 16.8. The van der Waals surface area contributed by atoms with Gasteiger partial charge in [-0.25, -0.2) is 9.18 Å². The van der Waals surface area contributed by atoms with Crippen molar-refractivity contribution in [1.82, 2.24) is 9.80 Å². The molecule has 3 aromatic rings. The molecule has 3 aromatic carbocycles. The molecule has 2 heterocycles. The molecule has 1 amide bonds. The van der Waals surface area contributed by atoms with Crippen LogP contribution in [-0.2, 0) is 11.0 Å². The molecular formula is C38H42F4N2O5. The summed E-state index contributed by atoms with van der Waals surface area (Å²) >= 11 is 0. The number of halogens is 4. The molecule has 1 saturated carbocycles. The number of benzene rings is 3. The number of carbonyl (C=O) groups is 2. The largest absolute Gasteiger partial charge is 0.497 e. The van der Waals surface area contributed by atoms with Crippen LogP contribution in [0, 0.1) is 11.8 Å². The number of methoxy groups -OCH3 is 1. The number of carbonyl (C=O) groups excluding carboxylic acids is 1. The summed E-state index contributed by atoms with van der Waals surface area (Å²) in [6, 6.07) is 16.2. The maximum absolute atomic E-state index is 17.7. The van der Waals surface area contributed by atoms with Gasteiger partial charge >= 0.3 is 12.1 Å². The van der Waals surface area contributed by atoms with E-state index in [0.29, 0.717) is 34.9 Å². The molecule has 2 aliphatic heterocycles. The zero-order valence-corrected chi connectivity index (χ0v) is 27.6. The van der Waals surface area contributed by atoms with Gasteiger partial charge in [-0.3, -0.25) is 9.69 Å². The fourth-order valence-electron chi connectivity index (χ4n) is 8.09. The molecule has 3 fully saturated rings. The molecule has 2 saturated heterocycles. The van der Waals surface area contributed by atoms with Crippen molar-refractivity contribution in [3.8, 4) is 16.9 Å². The Morgan fingerprint density at radius 1 is 0.939 bits per heavy atom. The molecule has 11 heteroatoms. The number of ether oxygens (including phenoxy) is 1. The number of alkyl halides is 4. The lowest BCUT2D eigenvalue weighted by Gasteiger charge is -2.34. The summed E-state index contributed by atoms with van der Waals surface area (Å²) in [5.41, 5.74) is -1.43. The molecule has 0 unspecified atom stereocenters. The fraction of sp³-hybridized carbons (Fsp3) is 0.474. The van der Waals surface area contributed by atoms with Gasteiger partial charge in [-0.2, -0.15) is 13.2 Å². The normalized spacial score (nSPS) is 27.7. The quantitative estimate of drug-likeness (QED) is 0.249. The lowest BCUT2D eigenvalue weighted by atomic mass is 9.83. The average molecular weight is 683 g/mol. The van der Waals surface area contributed by atoms with Crippen LogP contribution in [0.5, 0.6) is 5.75 Å². The molecule has 2 N–H and O–H groups in total. The number of carboxylic acid groups (broad SMARTS) is 1. The van der Waals surface area contributed by atoms with E-state index in [1.807, 2.05) is 0 Å². The molecule has 1 aliphatic carbocycles. The summed E-state index contributed by atoms with van der Waals surface area (Å²) in [6.07, 6.45) is -0.680. The standard InChI is InChI=1S/C38H42F4N2O5/c1-23-3-12-29(13-4-23)44-20-34(25-9-14-30(49-2)15-10-25)37(39,22-44)36(48)43-18-27(21-45)33(19-43)31-16-11-28(38(40,41)42)17-32(31)24-5-7-26(8-6-24)35(46)47/h5-11,14-17,23,27,29,33-34,45H,3-4,12-13,18-22H2,1-2H3,(H,46,47)/t23-,27-,29-,33+,34+,37+/m1/s1. The van der Waals surface area contributed by atoms with Crippen molar-refractivity contribution in [2.24, 2.45) is 11.8 Å². The number of likely N-dealkylation sites (tertiary alicyclic amines) is 2. The Kier molecular flexibility index (Phi) is 9.79. The van der Waals surface area contributed by atoms with Crippen LogP contribution in [0.2, 0.25) is 0 Å². The molecule has 0 radical (unpaired) electrons. The minimum atomic E-state index is -4.63. The molecule has 262 valence electrons. The minimum absolute atomic E-state index is 0.0115. The van der Waals surface area contributed by atoms with Gasteiger partial charge in [0.25, 0.3) is 5.91 Å². The second kappa shape index (κ2) is 13.7. The van der Waals surface area contributed by atoms with E-state index in [9.17, 15) is 33.0 Å². The van der Waals surface area contributed by atoms with Crippen LogP contribution in [0.3, 0.4) is 0 Å². The summed E-state index contributed by atoms with van der Waals surface area (Å²) in [6.45, 7) is 2.23. The van der Waals surface area contributed by atoms with E-state index in [2.05, 4.69) is 11.8 Å². The van der Waals surface area contributed by atoms with Gasteiger partial charge in [-0.1, -0.05) is 37.3 Å². The molecule has 4 atom stereocenters. The van der Waals surface area contributed by atoms with Crippen molar-refractivity contribution in [1.29, 1.82) is 0 Å². The number of hydrogen-bond donors (Lipinski definition) is 2. The smallest absolute Gasteiger partial charge is 0.416 e. The Morgan fingerprint density at radius 2 is 1.61 bits per heavy atom. The molecule has 6 rings (SSSR count). The van der Waals surface area contributed by atoms with Gasteiger partial charge in [-0.15, -0.1) is 0 Å². The predicted octanol–water partition coefficient (Wildman–Crippen LogP) is 7.00. The van der Waals surface area contributed by atoms with E-state index in [1.54, 1.807) is 31.4 Å². The van der Waals surface area contributed by atoms with E-state index < -0.39 is 47.0 Å². The Labute approximate surface area is 283 Å². The second-order valence-electron chi connectivity index (χ2n) is 14.0. The summed E-state index contributed by atoms with van der Waals surface area (Å²) in [5, 5.41) is 19.8. The van der Waals surface area contributed by atoms with Crippen molar-refractivity contribution in [2.75, 3.05) is 39.9 Å². The van der Waals surface area contributed by atoms with E-state index in [1.165, 1.54) is 35.2 Å². The Balaban J connectivity index is 1.33. The summed E-state index contributed by atoms with van der Waals surface area (Å²) in [7, 11) is 1.55. The number of nitrogens with zero attached hydrogens (tertiary/aromatic N) is 2. The average Bonchev–Trinajstić information content (AvgIpc) is 3.69. The van der Waals surface area contributed by atoms with Crippen LogP contribution in [0.25, 0.3) is 11.1 Å². The van der Waals surface area contributed by atoms with Crippen molar-refractivity contribution >= 4 is 11.9 Å². The number of aromatic carboxylic acids is 1. The number of aliphatic hydroxyl groups is 1. The van der Waals surface area contributed by atoms with Crippen LogP contribution in [0.1, 0.15) is 71.5 Å². The Morgan fingerprint density at radius 3 is 2.20 bits per heavy atom. The van der Waals surface area contributed by atoms with E-state index in [4.69, 9.17) is 4.74 Å². The molecule has 7 nitrogen and oxygen atoms in total. The highest BCUT2D eigenvalue weighted by molar-refractivity contribution is 5.89. The van der Waals surface area contributed by atoms with Crippen LogP contribution in [0.4, 0.5) is 17.6 Å². The fourth-order valence-corrected chi connectivity index (χ4v) is 8.09. The highest BCUT2D eigenvalue weighted by Crippen LogP contribution is 2.47. The third-order valence-corrected chi connectivity index (χ3v) is 11.0. The van der Waals surface area contributed by atoms with E-state index in [0.717, 1.165) is 37.8 Å². The van der Waals surface area contributed by atoms with Gasteiger partial charge in [0, 0.05) is 56.6 Å². The maximum atomic E-state index is 17.7. The zero-order chi connectivity index (χ0) is 35.1. The van der Waals surface area contributed by atoms with Gasteiger partial charge in [0.2, 0.25) is 5.67 Å². The number of rotatable bonds is 8. The van der Waals surface area contributed by atoms with Crippen LogP contribution >= 0.6 is 0 Å².